The third kappa shape index (κ3) is 2.94. The van der Waals surface area contributed by atoms with Gasteiger partial charge in [0.1, 0.15) is 0 Å². The van der Waals surface area contributed by atoms with Crippen LogP contribution in [0, 0.1) is 0 Å². The summed E-state index contributed by atoms with van der Waals surface area (Å²) in [5.41, 5.74) is 1.01. The Labute approximate surface area is 106 Å². The van der Waals surface area contributed by atoms with E-state index in [0.717, 1.165) is 16.3 Å². The topological polar surface area (TPSA) is 46.2 Å². The van der Waals surface area contributed by atoms with Gasteiger partial charge in [-0.3, -0.25) is 9.59 Å². The maximum absolute atomic E-state index is 10.9. The molecule has 0 heterocycles. The molecule has 2 rings (SSSR count). The second-order valence-corrected chi connectivity index (χ2v) is 4.26. The van der Waals surface area contributed by atoms with Crippen LogP contribution in [0.1, 0.15) is 12.5 Å². The summed E-state index contributed by atoms with van der Waals surface area (Å²) in [5.74, 6) is -0.218. The Morgan fingerprint density at radius 3 is 2.61 bits per heavy atom. The van der Waals surface area contributed by atoms with Crippen LogP contribution < -0.4 is 5.32 Å². The predicted octanol–water partition coefficient (Wildman–Crippen LogP) is 2.00. The molecular weight excluding hydrogens is 226 g/mol. The maximum atomic E-state index is 10.9. The first-order valence-electron chi connectivity index (χ1n) is 5.81. The van der Waals surface area contributed by atoms with Crippen molar-refractivity contribution in [2.45, 2.75) is 19.4 Å². The summed E-state index contributed by atoms with van der Waals surface area (Å²) in [6.45, 7) is 1.39. The first kappa shape index (κ1) is 12.3. The lowest BCUT2D eigenvalue weighted by atomic mass is 10.0. The van der Waals surface area contributed by atoms with E-state index in [-0.39, 0.29) is 5.91 Å². The second-order valence-electron chi connectivity index (χ2n) is 4.26. The van der Waals surface area contributed by atoms with Gasteiger partial charge in [-0.1, -0.05) is 42.5 Å². The van der Waals surface area contributed by atoms with Gasteiger partial charge in [-0.25, -0.2) is 0 Å². The van der Waals surface area contributed by atoms with Gasteiger partial charge in [0.05, 0.1) is 6.04 Å². The third-order valence-electron chi connectivity index (χ3n) is 2.77. The van der Waals surface area contributed by atoms with Crippen LogP contribution in [-0.4, -0.2) is 18.2 Å². The fourth-order valence-electron chi connectivity index (χ4n) is 1.97. The molecule has 1 radical (unpaired) electrons. The van der Waals surface area contributed by atoms with Crippen molar-refractivity contribution in [3.05, 3.63) is 48.0 Å². The van der Waals surface area contributed by atoms with E-state index in [9.17, 15) is 9.59 Å². The van der Waals surface area contributed by atoms with Crippen LogP contribution in [0.2, 0.25) is 0 Å². The summed E-state index contributed by atoms with van der Waals surface area (Å²) in [6, 6.07) is 13.5. The minimum Gasteiger partial charge on any atom is -0.346 e. The van der Waals surface area contributed by atoms with Gasteiger partial charge >= 0.3 is 0 Å². The van der Waals surface area contributed by atoms with E-state index in [1.165, 1.54) is 6.92 Å². The molecule has 0 spiro atoms. The van der Waals surface area contributed by atoms with Gasteiger partial charge < -0.3 is 5.32 Å². The van der Waals surface area contributed by atoms with E-state index in [2.05, 4.69) is 5.32 Å². The van der Waals surface area contributed by atoms with Gasteiger partial charge in [0.25, 0.3) is 0 Å². The van der Waals surface area contributed by atoms with E-state index in [1.54, 1.807) is 0 Å². The number of hydrogen-bond donors (Lipinski definition) is 1. The number of benzene rings is 2. The molecule has 0 aliphatic heterocycles. The van der Waals surface area contributed by atoms with Crippen LogP contribution in [0.4, 0.5) is 0 Å². The summed E-state index contributed by atoms with van der Waals surface area (Å²) in [7, 11) is 0. The van der Waals surface area contributed by atoms with Crippen molar-refractivity contribution in [3.8, 4) is 0 Å². The van der Waals surface area contributed by atoms with Gasteiger partial charge in [-0.2, -0.15) is 0 Å². The Hall–Kier alpha value is -2.16. The van der Waals surface area contributed by atoms with Crippen LogP contribution in [0.25, 0.3) is 10.8 Å². The highest BCUT2D eigenvalue weighted by atomic mass is 16.2. The van der Waals surface area contributed by atoms with Crippen LogP contribution in [0.15, 0.2) is 42.5 Å². The molecule has 3 nitrogen and oxygen atoms in total. The molecule has 0 bridgehead atoms. The summed E-state index contributed by atoms with van der Waals surface area (Å²) in [4.78, 5) is 21.7. The average Bonchev–Trinajstić information content (AvgIpc) is 2.37. The fourth-order valence-corrected chi connectivity index (χ4v) is 1.97. The first-order chi connectivity index (χ1) is 8.69. The van der Waals surface area contributed by atoms with Crippen molar-refractivity contribution in [1.82, 2.24) is 5.32 Å². The number of amides is 1. The first-order valence-corrected chi connectivity index (χ1v) is 5.81. The Morgan fingerprint density at radius 1 is 1.22 bits per heavy atom. The van der Waals surface area contributed by atoms with Crippen molar-refractivity contribution in [2.24, 2.45) is 0 Å². The zero-order chi connectivity index (χ0) is 13.0. The summed E-state index contributed by atoms with van der Waals surface area (Å²) in [6.07, 6.45) is 2.31. The Morgan fingerprint density at radius 2 is 1.94 bits per heavy atom. The molecule has 1 amide bonds. The van der Waals surface area contributed by atoms with Crippen molar-refractivity contribution in [1.29, 1.82) is 0 Å². The highest BCUT2D eigenvalue weighted by Gasteiger charge is 2.10. The van der Waals surface area contributed by atoms with Crippen LogP contribution in [0.5, 0.6) is 0 Å². The Bertz CT molecular complexity index is 577. The van der Waals surface area contributed by atoms with Crippen LogP contribution >= 0.6 is 0 Å². The minimum atomic E-state index is -0.580. The monoisotopic (exact) mass is 240 g/mol. The summed E-state index contributed by atoms with van der Waals surface area (Å²) < 4.78 is 0. The molecular formula is C15H14NO2. The number of nitrogens with one attached hydrogen (secondary N) is 1. The standard InChI is InChI=1S/C15H14NO2/c1-11(18)16-15(10-17)9-12-6-7-13-4-2-3-5-14(13)8-12/h2-8,15H,9H2,1H3,(H,16,18)/t15-/m1/s1. The van der Waals surface area contributed by atoms with Gasteiger partial charge in [-0.15, -0.1) is 0 Å². The quantitative estimate of drug-likeness (QED) is 0.888. The number of carbonyl (C=O) groups excluding carboxylic acids is 2. The van der Waals surface area contributed by atoms with Crippen molar-refractivity contribution >= 4 is 23.0 Å². The minimum absolute atomic E-state index is 0.218. The molecule has 2 aromatic carbocycles. The van der Waals surface area contributed by atoms with Crippen LogP contribution in [0.3, 0.4) is 0 Å². The van der Waals surface area contributed by atoms with E-state index in [4.69, 9.17) is 0 Å². The fraction of sp³-hybridized carbons (Fsp3) is 0.200. The third-order valence-corrected chi connectivity index (χ3v) is 2.77. The van der Waals surface area contributed by atoms with Gasteiger partial charge in [0, 0.05) is 13.3 Å². The second kappa shape index (κ2) is 5.45. The average molecular weight is 240 g/mol. The number of fused-ring (bicyclic) bond motifs is 1. The molecule has 0 saturated heterocycles. The summed E-state index contributed by atoms with van der Waals surface area (Å²) in [5, 5.41) is 4.85. The molecule has 1 N–H and O–H groups in total. The lowest BCUT2D eigenvalue weighted by Crippen LogP contribution is -2.35. The molecule has 3 heteroatoms. The summed E-state index contributed by atoms with van der Waals surface area (Å²) >= 11 is 0. The zero-order valence-electron chi connectivity index (χ0n) is 10.1. The molecule has 2 aromatic rings. The molecule has 1 atom stereocenters. The van der Waals surface area contributed by atoms with Crippen molar-refractivity contribution in [3.63, 3.8) is 0 Å². The predicted molar refractivity (Wildman–Crippen MR) is 71.0 cm³/mol. The normalized spacial score (nSPS) is 12.1. The largest absolute Gasteiger partial charge is 0.346 e. The van der Waals surface area contributed by atoms with E-state index >= 15 is 0 Å². The Balaban J connectivity index is 2.20. The lowest BCUT2D eigenvalue weighted by Gasteiger charge is -2.11. The van der Waals surface area contributed by atoms with E-state index in [1.807, 2.05) is 48.8 Å². The molecule has 0 fully saturated rings. The molecule has 0 saturated carbocycles. The van der Waals surface area contributed by atoms with Crippen molar-refractivity contribution in [2.75, 3.05) is 0 Å². The van der Waals surface area contributed by atoms with E-state index in [0.29, 0.717) is 6.42 Å². The number of carbonyl (C=O) groups is 1. The van der Waals surface area contributed by atoms with Crippen LogP contribution in [-0.2, 0) is 16.0 Å². The van der Waals surface area contributed by atoms with Crippen molar-refractivity contribution < 1.29 is 9.59 Å². The molecule has 0 aromatic heterocycles. The molecule has 18 heavy (non-hydrogen) atoms. The number of rotatable bonds is 4. The zero-order valence-corrected chi connectivity index (χ0v) is 10.1. The SMILES string of the molecule is CC(=O)N[C@@H]([C]=O)Cc1ccc2ccccc2c1. The Kier molecular flexibility index (Phi) is 3.72. The number of hydrogen-bond acceptors (Lipinski definition) is 2. The van der Waals surface area contributed by atoms with E-state index < -0.39 is 6.04 Å². The van der Waals surface area contributed by atoms with Gasteiger partial charge in [0.2, 0.25) is 12.2 Å². The van der Waals surface area contributed by atoms with Gasteiger partial charge in [-0.05, 0) is 16.3 Å². The molecule has 0 aliphatic carbocycles. The molecule has 0 aliphatic rings. The maximum Gasteiger partial charge on any atom is 0.223 e. The lowest BCUT2D eigenvalue weighted by molar-refractivity contribution is -0.119. The molecule has 0 unspecified atom stereocenters. The highest BCUT2D eigenvalue weighted by molar-refractivity contribution is 5.83. The smallest absolute Gasteiger partial charge is 0.223 e. The van der Waals surface area contributed by atoms with Gasteiger partial charge in [0.15, 0.2) is 0 Å². The molecule has 91 valence electrons. The highest BCUT2D eigenvalue weighted by Crippen LogP contribution is 2.16.